The number of carbonyl (C=O) groups is 7. The van der Waals surface area contributed by atoms with Gasteiger partial charge in [-0.15, -0.1) is 0 Å². The third-order valence-corrected chi connectivity index (χ3v) is 7.57. The number of carboxylic acids is 1. The quantitative estimate of drug-likeness (QED) is 0.0566. The van der Waals surface area contributed by atoms with Crippen LogP contribution in [0.2, 0.25) is 0 Å². The van der Waals surface area contributed by atoms with Crippen LogP contribution in [0.3, 0.4) is 0 Å². The molecule has 3 atom stereocenters. The highest BCUT2D eigenvalue weighted by molar-refractivity contribution is 5.85. The van der Waals surface area contributed by atoms with Crippen molar-refractivity contribution in [3.63, 3.8) is 0 Å². The van der Waals surface area contributed by atoms with E-state index in [1.54, 1.807) is 0 Å². The van der Waals surface area contributed by atoms with E-state index in [4.69, 9.17) is 14.6 Å². The summed E-state index contributed by atoms with van der Waals surface area (Å²) >= 11 is 0. The molecule has 0 radical (unpaired) electrons. The van der Waals surface area contributed by atoms with Gasteiger partial charge in [0, 0.05) is 32.2 Å². The van der Waals surface area contributed by atoms with E-state index in [0.717, 1.165) is 12.8 Å². The van der Waals surface area contributed by atoms with Gasteiger partial charge in [0.1, 0.15) is 23.9 Å². The highest BCUT2D eigenvalue weighted by Crippen LogP contribution is 2.11. The van der Waals surface area contributed by atoms with Crippen molar-refractivity contribution in [2.24, 2.45) is 11.8 Å². The summed E-state index contributed by atoms with van der Waals surface area (Å²) in [5, 5.41) is 19.7. The minimum absolute atomic E-state index is 0.0346. The number of aliphatic carboxylic acids is 1. The first-order valence-corrected chi connectivity index (χ1v) is 17.7. The number of amides is 3. The van der Waals surface area contributed by atoms with Crippen molar-refractivity contribution in [1.29, 1.82) is 0 Å². The van der Waals surface area contributed by atoms with Gasteiger partial charge in [-0.25, -0.2) is 9.59 Å². The lowest BCUT2D eigenvalue weighted by Gasteiger charge is -2.20. The Balaban J connectivity index is 4.37. The van der Waals surface area contributed by atoms with Gasteiger partial charge < -0.3 is 40.6 Å². The Labute approximate surface area is 291 Å². The maximum Gasteiger partial charge on any atom is 0.328 e. The van der Waals surface area contributed by atoms with Crippen LogP contribution < -0.4 is 21.3 Å². The molecule has 0 fully saturated rings. The van der Waals surface area contributed by atoms with Crippen molar-refractivity contribution in [2.75, 3.05) is 26.8 Å². The first kappa shape index (κ1) is 45.5. The summed E-state index contributed by atoms with van der Waals surface area (Å²) < 4.78 is 10.9. The van der Waals surface area contributed by atoms with Crippen LogP contribution in [0.25, 0.3) is 0 Å². The molecule has 0 heterocycles. The molecule has 14 heteroatoms. The second kappa shape index (κ2) is 27.3. The number of nitrogens with one attached hydrogen (secondary N) is 4. The van der Waals surface area contributed by atoms with Gasteiger partial charge in [-0.05, 0) is 90.0 Å². The first-order chi connectivity index (χ1) is 23.2. The fourth-order valence-electron chi connectivity index (χ4n) is 4.86. The molecule has 282 valence electrons. The third kappa shape index (κ3) is 25.1. The van der Waals surface area contributed by atoms with Gasteiger partial charge in [0.2, 0.25) is 17.7 Å². The van der Waals surface area contributed by atoms with Crippen molar-refractivity contribution in [3.05, 3.63) is 0 Å². The predicted octanol–water partition coefficient (Wildman–Crippen LogP) is 3.19. The molecule has 0 bridgehead atoms. The summed E-state index contributed by atoms with van der Waals surface area (Å²) in [7, 11) is 1.50. The molecule has 0 aliphatic rings. The molecular formula is C35H62N4O10. The van der Waals surface area contributed by atoms with Gasteiger partial charge >= 0.3 is 17.9 Å². The van der Waals surface area contributed by atoms with E-state index >= 15 is 0 Å². The molecule has 3 amide bonds. The highest BCUT2D eigenvalue weighted by Gasteiger charge is 2.24. The molecule has 0 aliphatic heterocycles. The molecule has 49 heavy (non-hydrogen) atoms. The van der Waals surface area contributed by atoms with Crippen LogP contribution in [0.4, 0.5) is 0 Å². The fraction of sp³-hybridized carbons (Fsp3) is 0.800. The SMILES string of the molecule is CNC(CNC(=O)CCCCC(=O)NC(CC(C)C)C(=O)OCCCCCCOC(=O)C(CC(C)C)NC(=O)CCCCC(C)=O)C(=O)O. The Bertz CT molecular complexity index is 1030. The normalized spacial score (nSPS) is 12.9. The van der Waals surface area contributed by atoms with E-state index in [1.807, 2.05) is 27.7 Å². The third-order valence-electron chi connectivity index (χ3n) is 7.57. The Morgan fingerprint density at radius 1 is 0.571 bits per heavy atom. The summed E-state index contributed by atoms with van der Waals surface area (Å²) in [4.78, 5) is 84.2. The average molecular weight is 699 g/mol. The van der Waals surface area contributed by atoms with Gasteiger partial charge in [0.25, 0.3) is 0 Å². The Hall–Kier alpha value is -3.55. The van der Waals surface area contributed by atoms with Crippen molar-refractivity contribution in [2.45, 2.75) is 143 Å². The summed E-state index contributed by atoms with van der Waals surface area (Å²) in [5.74, 6) is -2.43. The fourth-order valence-corrected chi connectivity index (χ4v) is 4.86. The second-order valence-corrected chi connectivity index (χ2v) is 13.3. The predicted molar refractivity (Wildman–Crippen MR) is 184 cm³/mol. The largest absolute Gasteiger partial charge is 0.480 e. The minimum atomic E-state index is -1.06. The summed E-state index contributed by atoms with van der Waals surface area (Å²) in [6.45, 7) is 9.72. The van der Waals surface area contributed by atoms with E-state index < -0.39 is 36.0 Å². The minimum Gasteiger partial charge on any atom is -0.480 e. The number of esters is 2. The van der Waals surface area contributed by atoms with Crippen LogP contribution in [0.15, 0.2) is 0 Å². The smallest absolute Gasteiger partial charge is 0.328 e. The van der Waals surface area contributed by atoms with Crippen LogP contribution in [-0.4, -0.2) is 91.5 Å². The lowest BCUT2D eigenvalue weighted by molar-refractivity contribution is -0.149. The number of Topliss-reactive ketones (excluding diaryl/α,β-unsaturated/α-hetero) is 1. The van der Waals surface area contributed by atoms with Crippen LogP contribution in [0.1, 0.15) is 125 Å². The van der Waals surface area contributed by atoms with Gasteiger partial charge in [0.15, 0.2) is 0 Å². The second-order valence-electron chi connectivity index (χ2n) is 13.3. The molecule has 0 saturated heterocycles. The number of carbonyl (C=O) groups excluding carboxylic acids is 6. The monoisotopic (exact) mass is 698 g/mol. The van der Waals surface area contributed by atoms with Crippen LogP contribution in [0.5, 0.6) is 0 Å². The van der Waals surface area contributed by atoms with Crippen molar-refractivity contribution >= 4 is 41.4 Å². The number of likely N-dealkylation sites (N-methyl/N-ethyl adjacent to an activating group) is 1. The lowest BCUT2D eigenvalue weighted by atomic mass is 10.0. The molecule has 0 rings (SSSR count). The number of ether oxygens (including phenoxy) is 2. The van der Waals surface area contributed by atoms with Crippen molar-refractivity contribution in [1.82, 2.24) is 21.3 Å². The topological polar surface area (TPSA) is 206 Å². The molecular weight excluding hydrogens is 636 g/mol. The summed E-state index contributed by atoms with van der Waals surface area (Å²) in [6, 6.07) is -2.36. The van der Waals surface area contributed by atoms with Crippen molar-refractivity contribution < 1.29 is 48.1 Å². The van der Waals surface area contributed by atoms with E-state index in [1.165, 1.54) is 14.0 Å². The van der Waals surface area contributed by atoms with Crippen LogP contribution in [-0.2, 0) is 43.0 Å². The Morgan fingerprint density at radius 3 is 1.35 bits per heavy atom. The zero-order valence-corrected chi connectivity index (χ0v) is 30.5. The maximum absolute atomic E-state index is 12.7. The number of hydrogen-bond acceptors (Lipinski definition) is 10. The molecule has 5 N–H and O–H groups in total. The van der Waals surface area contributed by atoms with Gasteiger partial charge in [-0.1, -0.05) is 27.7 Å². The number of rotatable bonds is 29. The van der Waals surface area contributed by atoms with Crippen molar-refractivity contribution in [3.8, 4) is 0 Å². The molecule has 0 aliphatic carbocycles. The van der Waals surface area contributed by atoms with Crippen LogP contribution in [0, 0.1) is 11.8 Å². The Morgan fingerprint density at radius 2 is 0.980 bits per heavy atom. The van der Waals surface area contributed by atoms with Crippen LogP contribution >= 0.6 is 0 Å². The van der Waals surface area contributed by atoms with Gasteiger partial charge in [-0.3, -0.25) is 19.2 Å². The molecule has 0 spiro atoms. The molecule has 0 saturated carbocycles. The zero-order valence-electron chi connectivity index (χ0n) is 30.5. The van der Waals surface area contributed by atoms with E-state index in [0.29, 0.717) is 57.8 Å². The Kier molecular flexibility index (Phi) is 25.3. The van der Waals surface area contributed by atoms with E-state index in [9.17, 15) is 33.6 Å². The molecule has 0 aromatic carbocycles. The standard InChI is InChI=1S/C35H62N4O10/c1-24(2)21-27(38-31(42)17-10-9-15-26(5)40)34(46)48-19-13-7-8-14-20-49-35(47)28(22-25(3)4)39-32(43)18-12-11-16-30(41)37-23-29(36-6)33(44)45/h24-25,27-29,36H,7-23H2,1-6H3,(H,37,41)(H,38,42)(H,39,43)(H,44,45). The number of unbranched alkanes of at least 4 members (excludes halogenated alkanes) is 5. The number of carboxylic acid groups (broad SMARTS) is 1. The van der Waals surface area contributed by atoms with Gasteiger partial charge in [-0.2, -0.15) is 0 Å². The van der Waals surface area contributed by atoms with E-state index in [-0.39, 0.29) is 74.4 Å². The number of hydrogen-bond donors (Lipinski definition) is 5. The average Bonchev–Trinajstić information content (AvgIpc) is 3.01. The molecule has 14 nitrogen and oxygen atoms in total. The first-order valence-electron chi connectivity index (χ1n) is 17.7. The lowest BCUT2D eigenvalue weighted by Crippen LogP contribution is -2.44. The zero-order chi connectivity index (χ0) is 37.2. The van der Waals surface area contributed by atoms with Gasteiger partial charge in [0.05, 0.1) is 13.2 Å². The molecule has 3 unspecified atom stereocenters. The summed E-state index contributed by atoms with van der Waals surface area (Å²) in [6.07, 6.45) is 6.71. The highest BCUT2D eigenvalue weighted by atomic mass is 16.5. The molecule has 0 aromatic heterocycles. The molecule has 0 aromatic rings. The number of ketones is 1. The van der Waals surface area contributed by atoms with E-state index in [2.05, 4.69) is 21.3 Å². The summed E-state index contributed by atoms with van der Waals surface area (Å²) in [5.41, 5.74) is 0. The maximum atomic E-state index is 12.7.